The number of rotatable bonds is 6. The smallest absolute Gasteiger partial charge is 0.0682 e. The van der Waals surface area contributed by atoms with Gasteiger partial charge in [0.2, 0.25) is 0 Å². The molecule has 2 aromatic rings. The molecule has 2 unspecified atom stereocenters. The van der Waals surface area contributed by atoms with E-state index in [1.165, 1.54) is 16.0 Å². The molecule has 1 aromatic carbocycles. The number of hydrogen-bond donors (Lipinski definition) is 2. The molecule has 3 nitrogen and oxygen atoms in total. The summed E-state index contributed by atoms with van der Waals surface area (Å²) in [6.45, 7) is 5.71. The van der Waals surface area contributed by atoms with Crippen LogP contribution >= 0.6 is 11.3 Å². The van der Waals surface area contributed by atoms with Crippen LogP contribution in [0.1, 0.15) is 22.4 Å². The van der Waals surface area contributed by atoms with Crippen LogP contribution in [0.15, 0.2) is 41.8 Å². The first kappa shape index (κ1) is 15.7. The van der Waals surface area contributed by atoms with E-state index < -0.39 is 0 Å². The van der Waals surface area contributed by atoms with Crippen molar-refractivity contribution in [2.75, 3.05) is 13.1 Å². The summed E-state index contributed by atoms with van der Waals surface area (Å²) >= 11 is 1.81. The largest absolute Gasteiger partial charge is 0.392 e. The Labute approximate surface area is 136 Å². The Morgan fingerprint density at radius 2 is 2.09 bits per heavy atom. The first-order valence-corrected chi connectivity index (χ1v) is 8.80. The highest BCUT2D eigenvalue weighted by molar-refractivity contribution is 7.10. The SMILES string of the molecule is Cc1ccsc1CNCC1CC(O)CN1Cc1ccccc1. The van der Waals surface area contributed by atoms with Crippen molar-refractivity contribution in [2.45, 2.75) is 38.6 Å². The molecule has 0 aliphatic carbocycles. The van der Waals surface area contributed by atoms with Crippen molar-refractivity contribution >= 4 is 11.3 Å². The molecule has 1 aliphatic heterocycles. The molecule has 2 heterocycles. The van der Waals surface area contributed by atoms with Gasteiger partial charge < -0.3 is 10.4 Å². The lowest BCUT2D eigenvalue weighted by molar-refractivity contribution is 0.172. The van der Waals surface area contributed by atoms with Crippen molar-refractivity contribution in [3.05, 3.63) is 57.8 Å². The summed E-state index contributed by atoms with van der Waals surface area (Å²) in [7, 11) is 0. The zero-order valence-corrected chi connectivity index (χ0v) is 13.9. The summed E-state index contributed by atoms with van der Waals surface area (Å²) in [5.74, 6) is 0. The molecule has 2 N–H and O–H groups in total. The van der Waals surface area contributed by atoms with E-state index in [0.29, 0.717) is 6.04 Å². The fourth-order valence-corrected chi connectivity index (χ4v) is 3.99. The normalized spacial score (nSPS) is 22.3. The second-order valence-corrected chi connectivity index (χ2v) is 7.12. The molecular formula is C18H24N2OS. The molecule has 0 spiro atoms. The predicted molar refractivity (Wildman–Crippen MR) is 92.0 cm³/mol. The Morgan fingerprint density at radius 1 is 1.27 bits per heavy atom. The van der Waals surface area contributed by atoms with E-state index in [4.69, 9.17) is 0 Å². The third-order valence-corrected chi connectivity index (χ3v) is 5.39. The zero-order chi connectivity index (χ0) is 15.4. The van der Waals surface area contributed by atoms with E-state index in [-0.39, 0.29) is 6.10 Å². The minimum absolute atomic E-state index is 0.195. The van der Waals surface area contributed by atoms with Gasteiger partial charge in [-0.25, -0.2) is 0 Å². The van der Waals surface area contributed by atoms with Crippen molar-refractivity contribution in [1.82, 2.24) is 10.2 Å². The van der Waals surface area contributed by atoms with Crippen molar-refractivity contribution in [3.63, 3.8) is 0 Å². The number of aliphatic hydroxyl groups is 1. The van der Waals surface area contributed by atoms with E-state index >= 15 is 0 Å². The first-order valence-electron chi connectivity index (χ1n) is 7.92. The summed E-state index contributed by atoms with van der Waals surface area (Å²) < 4.78 is 0. The highest BCUT2D eigenvalue weighted by Crippen LogP contribution is 2.21. The van der Waals surface area contributed by atoms with Gasteiger partial charge >= 0.3 is 0 Å². The lowest BCUT2D eigenvalue weighted by Crippen LogP contribution is -2.37. The first-order chi connectivity index (χ1) is 10.7. The van der Waals surface area contributed by atoms with Crippen LogP contribution in [-0.2, 0) is 13.1 Å². The number of thiophene rings is 1. The highest BCUT2D eigenvalue weighted by atomic mass is 32.1. The standard InChI is InChI=1S/C18H24N2OS/c1-14-7-8-22-18(14)11-19-10-16-9-17(21)13-20(16)12-15-5-3-2-4-6-15/h2-8,16-17,19,21H,9-13H2,1H3. The zero-order valence-electron chi connectivity index (χ0n) is 13.0. The van der Waals surface area contributed by atoms with Gasteiger partial charge in [0.1, 0.15) is 0 Å². The average Bonchev–Trinajstić information content (AvgIpc) is 3.07. The molecule has 22 heavy (non-hydrogen) atoms. The third kappa shape index (κ3) is 3.96. The van der Waals surface area contributed by atoms with E-state index in [9.17, 15) is 5.11 Å². The van der Waals surface area contributed by atoms with E-state index in [2.05, 4.69) is 52.9 Å². The van der Waals surface area contributed by atoms with Gasteiger partial charge in [0.05, 0.1) is 6.10 Å². The van der Waals surface area contributed by atoms with E-state index in [1.807, 2.05) is 17.4 Å². The quantitative estimate of drug-likeness (QED) is 0.860. The Hall–Kier alpha value is -1.20. The number of nitrogens with zero attached hydrogens (tertiary/aromatic N) is 1. The third-order valence-electron chi connectivity index (χ3n) is 4.37. The molecule has 0 amide bonds. The van der Waals surface area contributed by atoms with Crippen LogP contribution in [0, 0.1) is 6.92 Å². The van der Waals surface area contributed by atoms with Gasteiger partial charge in [-0.2, -0.15) is 0 Å². The van der Waals surface area contributed by atoms with Crippen LogP contribution in [0.25, 0.3) is 0 Å². The Kier molecular flexibility index (Phi) is 5.26. The molecule has 118 valence electrons. The van der Waals surface area contributed by atoms with Crippen LogP contribution in [0.3, 0.4) is 0 Å². The number of likely N-dealkylation sites (tertiary alicyclic amines) is 1. The monoisotopic (exact) mass is 316 g/mol. The summed E-state index contributed by atoms with van der Waals surface area (Å²) in [5, 5.41) is 15.7. The van der Waals surface area contributed by atoms with Gasteiger partial charge in [0, 0.05) is 37.1 Å². The molecule has 0 saturated carbocycles. The van der Waals surface area contributed by atoms with Gasteiger partial charge in [-0.05, 0) is 35.9 Å². The topological polar surface area (TPSA) is 35.5 Å². The lowest BCUT2D eigenvalue weighted by atomic mass is 10.1. The second kappa shape index (κ2) is 7.38. The maximum atomic E-state index is 10.0. The Bertz CT molecular complexity index is 584. The fraction of sp³-hybridized carbons (Fsp3) is 0.444. The van der Waals surface area contributed by atoms with Gasteiger partial charge in [-0.1, -0.05) is 30.3 Å². The predicted octanol–water partition coefficient (Wildman–Crippen LogP) is 2.78. The maximum Gasteiger partial charge on any atom is 0.0682 e. The lowest BCUT2D eigenvalue weighted by Gasteiger charge is -2.24. The van der Waals surface area contributed by atoms with Gasteiger partial charge in [-0.15, -0.1) is 11.3 Å². The maximum absolute atomic E-state index is 10.0. The minimum atomic E-state index is -0.195. The van der Waals surface area contributed by atoms with Crippen molar-refractivity contribution in [3.8, 4) is 0 Å². The van der Waals surface area contributed by atoms with Crippen LogP contribution in [-0.4, -0.2) is 35.2 Å². The molecule has 1 saturated heterocycles. The highest BCUT2D eigenvalue weighted by Gasteiger charge is 2.30. The molecule has 1 aromatic heterocycles. The average molecular weight is 316 g/mol. The number of nitrogens with one attached hydrogen (secondary N) is 1. The second-order valence-electron chi connectivity index (χ2n) is 6.12. The van der Waals surface area contributed by atoms with E-state index in [0.717, 1.165) is 32.6 Å². The minimum Gasteiger partial charge on any atom is -0.392 e. The molecular weight excluding hydrogens is 292 g/mol. The van der Waals surface area contributed by atoms with E-state index in [1.54, 1.807) is 0 Å². The Morgan fingerprint density at radius 3 is 2.82 bits per heavy atom. The fourth-order valence-electron chi connectivity index (χ4n) is 3.12. The number of aryl methyl sites for hydroxylation is 1. The number of hydrogen-bond acceptors (Lipinski definition) is 4. The number of aliphatic hydroxyl groups excluding tert-OH is 1. The van der Waals surface area contributed by atoms with Gasteiger partial charge in [0.15, 0.2) is 0 Å². The molecule has 1 fully saturated rings. The molecule has 0 radical (unpaired) electrons. The summed E-state index contributed by atoms with van der Waals surface area (Å²) in [4.78, 5) is 3.81. The van der Waals surface area contributed by atoms with Crippen LogP contribution in [0.5, 0.6) is 0 Å². The van der Waals surface area contributed by atoms with Crippen molar-refractivity contribution < 1.29 is 5.11 Å². The molecule has 4 heteroatoms. The Balaban J connectivity index is 1.53. The van der Waals surface area contributed by atoms with Crippen LogP contribution in [0.2, 0.25) is 0 Å². The summed E-state index contributed by atoms with van der Waals surface area (Å²) in [6.07, 6.45) is 0.669. The number of β-amino-alcohol motifs (C(OH)–C–C–N with tert-alkyl or cyclic N) is 1. The molecule has 1 aliphatic rings. The summed E-state index contributed by atoms with van der Waals surface area (Å²) in [6, 6.07) is 13.1. The molecule has 0 bridgehead atoms. The molecule has 2 atom stereocenters. The van der Waals surface area contributed by atoms with Crippen LogP contribution < -0.4 is 5.32 Å². The van der Waals surface area contributed by atoms with Gasteiger partial charge in [0.25, 0.3) is 0 Å². The molecule has 3 rings (SSSR count). The van der Waals surface area contributed by atoms with Crippen molar-refractivity contribution in [1.29, 1.82) is 0 Å². The van der Waals surface area contributed by atoms with Gasteiger partial charge in [-0.3, -0.25) is 4.90 Å². The van der Waals surface area contributed by atoms with Crippen molar-refractivity contribution in [2.24, 2.45) is 0 Å². The number of benzene rings is 1. The van der Waals surface area contributed by atoms with Crippen LogP contribution in [0.4, 0.5) is 0 Å². The summed E-state index contributed by atoms with van der Waals surface area (Å²) in [5.41, 5.74) is 2.68.